The summed E-state index contributed by atoms with van der Waals surface area (Å²) >= 11 is 11.8. The van der Waals surface area contributed by atoms with Gasteiger partial charge in [-0.2, -0.15) is 0 Å². The molecule has 4 rings (SSSR count). The van der Waals surface area contributed by atoms with E-state index < -0.39 is 10.0 Å². The Bertz CT molecular complexity index is 1440. The van der Waals surface area contributed by atoms with Crippen molar-refractivity contribution < 1.29 is 17.9 Å². The Balaban J connectivity index is 1.41. The van der Waals surface area contributed by atoms with Gasteiger partial charge in [-0.25, -0.2) is 8.42 Å². The lowest BCUT2D eigenvalue weighted by Gasteiger charge is -2.11. The third-order valence-corrected chi connectivity index (χ3v) is 7.27. The van der Waals surface area contributed by atoms with Gasteiger partial charge in [-0.1, -0.05) is 71.7 Å². The summed E-state index contributed by atoms with van der Waals surface area (Å²) in [6.45, 7) is 0. The summed E-state index contributed by atoms with van der Waals surface area (Å²) in [6, 6.07) is 27.5. The van der Waals surface area contributed by atoms with Gasteiger partial charge >= 0.3 is 0 Å². The lowest BCUT2D eigenvalue weighted by atomic mass is 10.0. The molecule has 0 aliphatic heterocycles. The first kappa shape index (κ1) is 24.8. The van der Waals surface area contributed by atoms with E-state index in [1.807, 2.05) is 54.6 Å². The predicted octanol–water partition coefficient (Wildman–Crippen LogP) is 6.94. The normalized spacial score (nSPS) is 11.1. The van der Waals surface area contributed by atoms with Crippen LogP contribution < -0.4 is 9.46 Å². The van der Waals surface area contributed by atoms with Crippen molar-refractivity contribution in [3.63, 3.8) is 0 Å². The van der Waals surface area contributed by atoms with Gasteiger partial charge < -0.3 is 4.74 Å². The number of carbonyl (C=O) groups excluding carboxylic acids is 1. The molecule has 0 unspecified atom stereocenters. The lowest BCUT2D eigenvalue weighted by molar-refractivity contribution is -0.117. The van der Waals surface area contributed by atoms with Gasteiger partial charge in [0.1, 0.15) is 17.3 Å². The second kappa shape index (κ2) is 11.0. The van der Waals surface area contributed by atoms with Gasteiger partial charge in [0.25, 0.3) is 10.0 Å². The van der Waals surface area contributed by atoms with Gasteiger partial charge in [-0.3, -0.25) is 9.52 Å². The SMILES string of the molecule is O=C(Cc1ccc(S(=O)(=O)Nc2ccc(Cl)c(Cl)c2)cc1)Cc1ccccc1Oc1ccccc1. The minimum absolute atomic E-state index is 0.0151. The first-order valence-corrected chi connectivity index (χ1v) is 12.9. The molecule has 0 spiro atoms. The van der Waals surface area contributed by atoms with Crippen LogP contribution in [0.4, 0.5) is 5.69 Å². The molecule has 5 nitrogen and oxygen atoms in total. The van der Waals surface area contributed by atoms with Crippen molar-refractivity contribution in [3.05, 3.63) is 118 Å². The molecule has 8 heteroatoms. The second-order valence-corrected chi connectivity index (χ2v) is 10.3. The first-order chi connectivity index (χ1) is 16.8. The number of hydrogen-bond acceptors (Lipinski definition) is 4. The Hall–Kier alpha value is -3.32. The number of ether oxygens (including phenoxy) is 1. The third kappa shape index (κ3) is 6.63. The molecule has 0 saturated carbocycles. The fraction of sp³-hybridized carbons (Fsp3) is 0.0741. The zero-order chi connectivity index (χ0) is 24.8. The molecular weight excluding hydrogens is 505 g/mol. The molecule has 0 atom stereocenters. The van der Waals surface area contributed by atoms with E-state index in [2.05, 4.69) is 4.72 Å². The maximum atomic E-state index is 12.8. The highest BCUT2D eigenvalue weighted by atomic mass is 35.5. The highest BCUT2D eigenvalue weighted by Crippen LogP contribution is 2.27. The summed E-state index contributed by atoms with van der Waals surface area (Å²) in [5, 5.41) is 0.578. The van der Waals surface area contributed by atoms with Crippen LogP contribution in [0.3, 0.4) is 0 Å². The van der Waals surface area contributed by atoms with Crippen LogP contribution >= 0.6 is 23.2 Å². The number of carbonyl (C=O) groups is 1. The number of anilines is 1. The van der Waals surface area contributed by atoms with E-state index in [9.17, 15) is 13.2 Å². The standard InChI is InChI=1S/C27H21Cl2NO4S/c28-25-15-12-21(18-26(25)29)30-35(32,33)24-13-10-19(11-14-24)16-22(31)17-20-6-4-5-9-27(20)34-23-7-2-1-3-8-23/h1-15,18,30H,16-17H2. The van der Waals surface area contributed by atoms with E-state index in [0.29, 0.717) is 27.8 Å². The fourth-order valence-corrected chi connectivity index (χ4v) is 4.78. The molecule has 4 aromatic rings. The number of sulfonamides is 1. The Kier molecular flexibility index (Phi) is 7.76. The number of hydrogen-bond donors (Lipinski definition) is 1. The van der Waals surface area contributed by atoms with E-state index in [1.165, 1.54) is 30.3 Å². The lowest BCUT2D eigenvalue weighted by Crippen LogP contribution is -2.13. The number of para-hydroxylation sites is 2. The van der Waals surface area contributed by atoms with Crippen molar-refractivity contribution in [3.8, 4) is 11.5 Å². The molecular formula is C27H21Cl2NO4S. The van der Waals surface area contributed by atoms with Crippen LogP contribution in [-0.4, -0.2) is 14.2 Å². The maximum absolute atomic E-state index is 12.8. The summed E-state index contributed by atoms with van der Waals surface area (Å²) in [7, 11) is -3.83. The highest BCUT2D eigenvalue weighted by molar-refractivity contribution is 7.92. The number of ketones is 1. The minimum atomic E-state index is -3.83. The van der Waals surface area contributed by atoms with E-state index in [-0.39, 0.29) is 28.5 Å². The zero-order valence-corrected chi connectivity index (χ0v) is 20.8. The zero-order valence-electron chi connectivity index (χ0n) is 18.4. The topological polar surface area (TPSA) is 72.5 Å². The minimum Gasteiger partial charge on any atom is -0.457 e. The molecule has 1 N–H and O–H groups in total. The van der Waals surface area contributed by atoms with Gasteiger partial charge in [0.05, 0.1) is 20.6 Å². The van der Waals surface area contributed by atoms with E-state index in [4.69, 9.17) is 27.9 Å². The van der Waals surface area contributed by atoms with Crippen LogP contribution in [0.25, 0.3) is 0 Å². The van der Waals surface area contributed by atoms with Crippen LogP contribution in [0.5, 0.6) is 11.5 Å². The Morgan fingerprint density at radius 1 is 0.771 bits per heavy atom. The van der Waals surface area contributed by atoms with Gasteiger partial charge in [-0.15, -0.1) is 0 Å². The van der Waals surface area contributed by atoms with Crippen LogP contribution in [0.2, 0.25) is 10.0 Å². The molecule has 0 fully saturated rings. The quantitative estimate of drug-likeness (QED) is 0.257. The van der Waals surface area contributed by atoms with Crippen molar-refractivity contribution >= 4 is 44.7 Å². The molecule has 0 bridgehead atoms. The molecule has 0 aliphatic carbocycles. The van der Waals surface area contributed by atoms with E-state index >= 15 is 0 Å². The Labute approximate surface area is 214 Å². The average Bonchev–Trinajstić information content (AvgIpc) is 2.83. The molecule has 0 saturated heterocycles. The monoisotopic (exact) mass is 525 g/mol. The molecule has 35 heavy (non-hydrogen) atoms. The molecule has 0 aliphatic rings. The number of Topliss-reactive ketones (excluding diaryl/α,β-unsaturated/α-hetero) is 1. The van der Waals surface area contributed by atoms with Crippen molar-refractivity contribution in [2.75, 3.05) is 4.72 Å². The molecule has 0 radical (unpaired) electrons. The number of rotatable bonds is 9. The molecule has 0 amide bonds. The van der Waals surface area contributed by atoms with Crippen molar-refractivity contribution in [2.24, 2.45) is 0 Å². The predicted molar refractivity (Wildman–Crippen MR) is 139 cm³/mol. The van der Waals surface area contributed by atoms with E-state index in [0.717, 1.165) is 5.56 Å². The van der Waals surface area contributed by atoms with Crippen LogP contribution in [0.15, 0.2) is 102 Å². The largest absolute Gasteiger partial charge is 0.457 e. The fourth-order valence-electron chi connectivity index (χ4n) is 3.43. The smallest absolute Gasteiger partial charge is 0.261 e. The Morgan fingerprint density at radius 2 is 1.46 bits per heavy atom. The van der Waals surface area contributed by atoms with E-state index in [1.54, 1.807) is 12.1 Å². The van der Waals surface area contributed by atoms with Crippen molar-refractivity contribution in [2.45, 2.75) is 17.7 Å². The maximum Gasteiger partial charge on any atom is 0.261 e. The summed E-state index contributed by atoms with van der Waals surface area (Å²) in [5.41, 5.74) is 1.80. The van der Waals surface area contributed by atoms with Gasteiger partial charge in [0.15, 0.2) is 0 Å². The van der Waals surface area contributed by atoms with Crippen LogP contribution in [0, 0.1) is 0 Å². The molecule has 0 heterocycles. The van der Waals surface area contributed by atoms with Crippen molar-refractivity contribution in [1.82, 2.24) is 0 Å². The number of nitrogens with one attached hydrogen (secondary N) is 1. The highest BCUT2D eigenvalue weighted by Gasteiger charge is 2.16. The average molecular weight is 526 g/mol. The van der Waals surface area contributed by atoms with Gasteiger partial charge in [-0.05, 0) is 54.1 Å². The number of halogens is 2. The van der Waals surface area contributed by atoms with Crippen LogP contribution in [-0.2, 0) is 27.7 Å². The summed E-state index contributed by atoms with van der Waals surface area (Å²) in [4.78, 5) is 12.8. The van der Waals surface area contributed by atoms with Gasteiger partial charge in [0.2, 0.25) is 0 Å². The number of benzene rings is 4. The van der Waals surface area contributed by atoms with Crippen molar-refractivity contribution in [1.29, 1.82) is 0 Å². The van der Waals surface area contributed by atoms with Gasteiger partial charge in [0, 0.05) is 18.4 Å². The molecule has 178 valence electrons. The summed E-state index contributed by atoms with van der Waals surface area (Å²) in [6.07, 6.45) is 0.363. The second-order valence-electron chi connectivity index (χ2n) is 7.79. The molecule has 4 aromatic carbocycles. The summed E-state index contributed by atoms with van der Waals surface area (Å²) < 4.78 is 33.8. The Morgan fingerprint density at radius 3 is 2.17 bits per heavy atom. The van der Waals surface area contributed by atoms with Crippen LogP contribution in [0.1, 0.15) is 11.1 Å². The first-order valence-electron chi connectivity index (χ1n) is 10.7. The molecule has 0 aromatic heterocycles. The third-order valence-electron chi connectivity index (χ3n) is 5.14. The summed E-state index contributed by atoms with van der Waals surface area (Å²) in [5.74, 6) is 1.30.